The van der Waals surface area contributed by atoms with Crippen molar-refractivity contribution in [3.8, 4) is 0 Å². The topological polar surface area (TPSA) is 64.4 Å². The highest BCUT2D eigenvalue weighted by Crippen LogP contribution is 2.32. The van der Waals surface area contributed by atoms with Crippen molar-refractivity contribution in [2.24, 2.45) is 0 Å². The van der Waals surface area contributed by atoms with E-state index in [0.717, 1.165) is 11.4 Å². The highest BCUT2D eigenvalue weighted by molar-refractivity contribution is 5.68. The van der Waals surface area contributed by atoms with Crippen LogP contribution in [0.25, 0.3) is 0 Å². The fraction of sp³-hybridized carbons (Fsp3) is 0.636. The molecule has 1 N–H and O–H groups in total. The Balaban J connectivity index is 2.39. The van der Waals surface area contributed by atoms with Gasteiger partial charge >= 0.3 is 5.97 Å². The SMILES string of the molecule is Cc1cc(C)n(C2(CC(=O)O)CCOC2)n1. The zero-order valence-electron chi connectivity index (χ0n) is 9.56. The Morgan fingerprint density at radius 2 is 2.44 bits per heavy atom. The van der Waals surface area contributed by atoms with Gasteiger partial charge in [-0.15, -0.1) is 0 Å². The molecule has 0 radical (unpaired) electrons. The largest absolute Gasteiger partial charge is 0.481 e. The molecule has 1 aliphatic heterocycles. The van der Waals surface area contributed by atoms with E-state index in [4.69, 9.17) is 9.84 Å². The van der Waals surface area contributed by atoms with Gasteiger partial charge in [0.25, 0.3) is 0 Å². The number of nitrogens with zero attached hydrogens (tertiary/aromatic N) is 2. The van der Waals surface area contributed by atoms with Crippen LogP contribution in [0.3, 0.4) is 0 Å². The summed E-state index contributed by atoms with van der Waals surface area (Å²) in [7, 11) is 0. The fourth-order valence-corrected chi connectivity index (χ4v) is 2.37. The van der Waals surface area contributed by atoms with Crippen molar-refractivity contribution < 1.29 is 14.6 Å². The zero-order chi connectivity index (χ0) is 11.8. The molecule has 16 heavy (non-hydrogen) atoms. The second kappa shape index (κ2) is 3.90. The molecule has 1 aromatic rings. The van der Waals surface area contributed by atoms with E-state index >= 15 is 0 Å². The number of aryl methyl sites for hydroxylation is 2. The summed E-state index contributed by atoms with van der Waals surface area (Å²) >= 11 is 0. The molecule has 1 aromatic heterocycles. The number of hydrogen-bond acceptors (Lipinski definition) is 3. The summed E-state index contributed by atoms with van der Waals surface area (Å²) in [6.07, 6.45) is 0.774. The summed E-state index contributed by atoms with van der Waals surface area (Å²) in [6, 6.07) is 1.96. The molecule has 1 saturated heterocycles. The Hall–Kier alpha value is -1.36. The third-order valence-electron chi connectivity index (χ3n) is 3.02. The van der Waals surface area contributed by atoms with Crippen LogP contribution in [0.4, 0.5) is 0 Å². The van der Waals surface area contributed by atoms with Gasteiger partial charge in [0, 0.05) is 12.3 Å². The van der Waals surface area contributed by atoms with E-state index in [1.54, 1.807) is 0 Å². The lowest BCUT2D eigenvalue weighted by molar-refractivity contribution is -0.139. The lowest BCUT2D eigenvalue weighted by Crippen LogP contribution is -2.38. The monoisotopic (exact) mass is 224 g/mol. The summed E-state index contributed by atoms with van der Waals surface area (Å²) in [6.45, 7) is 4.89. The van der Waals surface area contributed by atoms with E-state index in [2.05, 4.69) is 5.10 Å². The third-order valence-corrected chi connectivity index (χ3v) is 3.02. The number of carbonyl (C=O) groups is 1. The molecule has 1 unspecified atom stereocenters. The molecule has 88 valence electrons. The molecular weight excluding hydrogens is 208 g/mol. The van der Waals surface area contributed by atoms with E-state index in [9.17, 15) is 4.79 Å². The first-order valence-electron chi connectivity index (χ1n) is 5.37. The summed E-state index contributed by atoms with van der Waals surface area (Å²) in [5.74, 6) is -0.807. The highest BCUT2D eigenvalue weighted by atomic mass is 16.5. The van der Waals surface area contributed by atoms with Crippen molar-refractivity contribution in [1.82, 2.24) is 9.78 Å². The van der Waals surface area contributed by atoms with Gasteiger partial charge in [0.2, 0.25) is 0 Å². The van der Waals surface area contributed by atoms with E-state index in [-0.39, 0.29) is 6.42 Å². The molecule has 0 spiro atoms. The van der Waals surface area contributed by atoms with Crippen molar-refractivity contribution in [3.63, 3.8) is 0 Å². The number of carboxylic acid groups (broad SMARTS) is 1. The van der Waals surface area contributed by atoms with Crippen molar-refractivity contribution in [2.75, 3.05) is 13.2 Å². The predicted molar refractivity (Wildman–Crippen MR) is 57.4 cm³/mol. The summed E-state index contributed by atoms with van der Waals surface area (Å²) in [5.41, 5.74) is 1.41. The molecule has 0 saturated carbocycles. The van der Waals surface area contributed by atoms with Gasteiger partial charge in [0.05, 0.1) is 24.3 Å². The van der Waals surface area contributed by atoms with Gasteiger partial charge in [-0.3, -0.25) is 9.48 Å². The smallest absolute Gasteiger partial charge is 0.305 e. The van der Waals surface area contributed by atoms with Gasteiger partial charge in [-0.25, -0.2) is 0 Å². The Morgan fingerprint density at radius 3 is 2.88 bits per heavy atom. The molecule has 0 bridgehead atoms. The maximum Gasteiger partial charge on any atom is 0.305 e. The Labute approximate surface area is 94.0 Å². The second-order valence-corrected chi connectivity index (χ2v) is 4.44. The van der Waals surface area contributed by atoms with E-state index in [0.29, 0.717) is 19.6 Å². The van der Waals surface area contributed by atoms with Crippen LogP contribution in [0.5, 0.6) is 0 Å². The number of aromatic nitrogens is 2. The number of hydrogen-bond donors (Lipinski definition) is 1. The van der Waals surface area contributed by atoms with Crippen LogP contribution in [0.2, 0.25) is 0 Å². The molecular formula is C11H16N2O3. The molecule has 2 heterocycles. The fourth-order valence-electron chi connectivity index (χ4n) is 2.37. The van der Waals surface area contributed by atoms with Crippen LogP contribution in [0, 0.1) is 13.8 Å². The number of rotatable bonds is 3. The molecule has 2 rings (SSSR count). The first-order valence-corrected chi connectivity index (χ1v) is 5.37. The number of ether oxygens (including phenoxy) is 1. The highest BCUT2D eigenvalue weighted by Gasteiger charge is 2.40. The average molecular weight is 224 g/mol. The van der Waals surface area contributed by atoms with Gasteiger partial charge in [0.1, 0.15) is 0 Å². The maximum absolute atomic E-state index is 11.0. The van der Waals surface area contributed by atoms with Crippen LogP contribution < -0.4 is 0 Å². The quantitative estimate of drug-likeness (QED) is 0.834. The minimum absolute atomic E-state index is 0.0644. The molecule has 1 atom stereocenters. The predicted octanol–water partition coefficient (Wildman–Crippen LogP) is 1.09. The lowest BCUT2D eigenvalue weighted by Gasteiger charge is -2.27. The van der Waals surface area contributed by atoms with Crippen molar-refractivity contribution in [2.45, 2.75) is 32.2 Å². The molecule has 5 heteroatoms. The molecule has 1 fully saturated rings. The van der Waals surface area contributed by atoms with Crippen molar-refractivity contribution >= 4 is 5.97 Å². The maximum atomic E-state index is 11.0. The van der Waals surface area contributed by atoms with Crippen molar-refractivity contribution in [3.05, 3.63) is 17.5 Å². The minimum Gasteiger partial charge on any atom is -0.481 e. The van der Waals surface area contributed by atoms with Gasteiger partial charge in [-0.05, 0) is 26.3 Å². The van der Waals surface area contributed by atoms with Gasteiger partial charge in [0.15, 0.2) is 0 Å². The Morgan fingerprint density at radius 1 is 1.69 bits per heavy atom. The zero-order valence-corrected chi connectivity index (χ0v) is 9.56. The second-order valence-electron chi connectivity index (χ2n) is 4.44. The lowest BCUT2D eigenvalue weighted by atomic mass is 9.94. The summed E-state index contributed by atoms with van der Waals surface area (Å²) in [4.78, 5) is 11.0. The number of aliphatic carboxylic acids is 1. The molecule has 0 aliphatic carbocycles. The van der Waals surface area contributed by atoms with Crippen LogP contribution in [0.15, 0.2) is 6.07 Å². The molecule has 0 aromatic carbocycles. The van der Waals surface area contributed by atoms with Crippen molar-refractivity contribution in [1.29, 1.82) is 0 Å². The van der Waals surface area contributed by atoms with Crippen LogP contribution in [-0.2, 0) is 15.1 Å². The first kappa shape index (κ1) is 11.1. The Bertz CT molecular complexity index is 405. The first-order chi connectivity index (χ1) is 7.53. The summed E-state index contributed by atoms with van der Waals surface area (Å²) < 4.78 is 7.18. The van der Waals surface area contributed by atoms with E-state index in [1.807, 2.05) is 24.6 Å². The van der Waals surface area contributed by atoms with E-state index in [1.165, 1.54) is 0 Å². The average Bonchev–Trinajstić information content (AvgIpc) is 2.73. The van der Waals surface area contributed by atoms with Gasteiger partial charge < -0.3 is 9.84 Å². The minimum atomic E-state index is -0.807. The molecule has 0 amide bonds. The Kier molecular flexibility index (Phi) is 2.71. The van der Waals surface area contributed by atoms with Gasteiger partial charge in [-0.2, -0.15) is 5.10 Å². The standard InChI is InChI=1S/C11H16N2O3/c1-8-5-9(2)13(12-8)11(6-10(14)15)3-4-16-7-11/h5H,3-4,6-7H2,1-2H3,(H,14,15). The van der Waals surface area contributed by atoms with E-state index < -0.39 is 11.5 Å². The van der Waals surface area contributed by atoms with Crippen LogP contribution in [0.1, 0.15) is 24.2 Å². The third kappa shape index (κ3) is 1.82. The normalized spacial score (nSPS) is 24.9. The molecule has 1 aliphatic rings. The van der Waals surface area contributed by atoms with Crippen LogP contribution in [-0.4, -0.2) is 34.1 Å². The van der Waals surface area contributed by atoms with Crippen LogP contribution >= 0.6 is 0 Å². The molecule has 5 nitrogen and oxygen atoms in total. The van der Waals surface area contributed by atoms with Gasteiger partial charge in [-0.1, -0.05) is 0 Å². The summed E-state index contributed by atoms with van der Waals surface area (Å²) in [5, 5.41) is 13.4. The number of carboxylic acids is 1.